The Morgan fingerprint density at radius 2 is 2.00 bits per heavy atom. The van der Waals surface area contributed by atoms with E-state index in [1.807, 2.05) is 19.3 Å². The molecule has 4 rings (SSSR count). The topological polar surface area (TPSA) is 78.8 Å². The fourth-order valence-electron chi connectivity index (χ4n) is 3.03. The van der Waals surface area contributed by atoms with E-state index in [0.29, 0.717) is 21.4 Å². The Morgan fingerprint density at radius 1 is 1.21 bits per heavy atom. The van der Waals surface area contributed by atoms with Crippen molar-refractivity contribution in [1.82, 2.24) is 24.6 Å². The van der Waals surface area contributed by atoms with Crippen LogP contribution >= 0.6 is 23.2 Å². The first-order chi connectivity index (χ1) is 13.8. The smallest absolute Gasteiger partial charge is 0.254 e. The molecule has 2 N–H and O–H groups in total. The number of fused-ring (bicyclic) bond motifs is 1. The van der Waals surface area contributed by atoms with Gasteiger partial charge in [-0.25, -0.2) is 4.98 Å². The summed E-state index contributed by atoms with van der Waals surface area (Å²) in [5.41, 5.74) is 3.71. The zero-order valence-electron chi connectivity index (χ0n) is 16.0. The molecule has 1 amide bonds. The first-order valence-corrected chi connectivity index (χ1v) is 9.53. The van der Waals surface area contributed by atoms with Crippen LogP contribution in [0.1, 0.15) is 10.4 Å². The number of pyridine rings is 1. The van der Waals surface area contributed by atoms with Crippen molar-refractivity contribution < 1.29 is 4.79 Å². The molecule has 0 saturated heterocycles. The molecule has 148 valence electrons. The summed E-state index contributed by atoms with van der Waals surface area (Å²) in [5, 5.41) is 9.18. The minimum Gasteiger partial charge on any atom is -0.353 e. The summed E-state index contributed by atoms with van der Waals surface area (Å²) in [4.78, 5) is 21.4. The van der Waals surface area contributed by atoms with E-state index in [-0.39, 0.29) is 5.91 Å². The molecule has 0 fully saturated rings. The van der Waals surface area contributed by atoms with Gasteiger partial charge in [0.1, 0.15) is 5.82 Å². The van der Waals surface area contributed by atoms with Crippen LogP contribution in [-0.2, 0) is 7.05 Å². The number of H-pyrrole nitrogens is 1. The standard InChI is InChI=1S/C20H18Cl2N6O/c1-27(2)20(29)13-5-4-12(6-15(13)21)25-17-7-16-14(9-23-17)18(22)19(26-16)11-8-24-28(3)10-11/h4-10,26H,1-3H3,(H,23,25). The van der Waals surface area contributed by atoms with Gasteiger partial charge < -0.3 is 15.2 Å². The Hall–Kier alpha value is -3.03. The summed E-state index contributed by atoms with van der Waals surface area (Å²) < 4.78 is 1.72. The van der Waals surface area contributed by atoms with Crippen molar-refractivity contribution >= 4 is 51.5 Å². The maximum absolute atomic E-state index is 12.1. The molecule has 3 aromatic heterocycles. The highest BCUT2D eigenvalue weighted by atomic mass is 35.5. The lowest BCUT2D eigenvalue weighted by Gasteiger charge is -2.13. The Balaban J connectivity index is 1.64. The molecule has 0 atom stereocenters. The minimum atomic E-state index is -0.148. The number of aromatic amines is 1. The van der Waals surface area contributed by atoms with Gasteiger partial charge >= 0.3 is 0 Å². The van der Waals surface area contributed by atoms with Crippen LogP contribution in [0, 0.1) is 0 Å². The molecule has 0 spiro atoms. The molecule has 0 bridgehead atoms. The van der Waals surface area contributed by atoms with E-state index in [1.165, 1.54) is 4.90 Å². The molecule has 0 aliphatic rings. The van der Waals surface area contributed by atoms with Gasteiger partial charge in [0, 0.05) is 56.2 Å². The molecular weight excluding hydrogens is 411 g/mol. The molecule has 0 aliphatic heterocycles. The van der Waals surface area contributed by atoms with Crippen LogP contribution in [0.5, 0.6) is 0 Å². The lowest BCUT2D eigenvalue weighted by molar-refractivity contribution is 0.0828. The van der Waals surface area contributed by atoms with Gasteiger partial charge in [0.15, 0.2) is 0 Å². The van der Waals surface area contributed by atoms with Gasteiger partial charge in [-0.05, 0) is 18.2 Å². The zero-order valence-corrected chi connectivity index (χ0v) is 17.5. The van der Waals surface area contributed by atoms with Crippen LogP contribution in [0.3, 0.4) is 0 Å². The second kappa shape index (κ2) is 7.42. The number of carbonyl (C=O) groups is 1. The fraction of sp³-hybridized carbons (Fsp3) is 0.150. The van der Waals surface area contributed by atoms with E-state index in [0.717, 1.165) is 27.8 Å². The van der Waals surface area contributed by atoms with Crippen LogP contribution in [0.15, 0.2) is 42.9 Å². The van der Waals surface area contributed by atoms with Crippen LogP contribution in [-0.4, -0.2) is 44.7 Å². The van der Waals surface area contributed by atoms with E-state index in [4.69, 9.17) is 23.2 Å². The molecule has 1 aromatic carbocycles. The molecular formula is C20H18Cl2N6O. The largest absolute Gasteiger partial charge is 0.353 e. The lowest BCUT2D eigenvalue weighted by Crippen LogP contribution is -2.21. The zero-order chi connectivity index (χ0) is 20.7. The molecule has 29 heavy (non-hydrogen) atoms. The third-order valence-corrected chi connectivity index (χ3v) is 5.20. The van der Waals surface area contributed by atoms with Gasteiger partial charge in [0.05, 0.1) is 33.0 Å². The van der Waals surface area contributed by atoms with Crippen molar-refractivity contribution in [1.29, 1.82) is 0 Å². The number of nitrogens with one attached hydrogen (secondary N) is 2. The van der Waals surface area contributed by atoms with Gasteiger partial charge in [-0.15, -0.1) is 0 Å². The third kappa shape index (κ3) is 3.66. The highest BCUT2D eigenvalue weighted by molar-refractivity contribution is 6.38. The Morgan fingerprint density at radius 3 is 2.66 bits per heavy atom. The molecule has 0 radical (unpaired) electrons. The van der Waals surface area contributed by atoms with Crippen molar-refractivity contribution in [3.8, 4) is 11.3 Å². The molecule has 0 saturated carbocycles. The van der Waals surface area contributed by atoms with E-state index >= 15 is 0 Å². The number of benzene rings is 1. The highest BCUT2D eigenvalue weighted by Gasteiger charge is 2.15. The van der Waals surface area contributed by atoms with E-state index in [1.54, 1.807) is 49.4 Å². The second-order valence-electron chi connectivity index (χ2n) is 6.85. The van der Waals surface area contributed by atoms with Crippen LogP contribution in [0.2, 0.25) is 10.0 Å². The summed E-state index contributed by atoms with van der Waals surface area (Å²) in [5.74, 6) is 0.473. The highest BCUT2D eigenvalue weighted by Crippen LogP contribution is 2.35. The van der Waals surface area contributed by atoms with Gasteiger partial charge in [0.25, 0.3) is 5.91 Å². The summed E-state index contributed by atoms with van der Waals surface area (Å²) in [7, 11) is 5.22. The maximum atomic E-state index is 12.1. The lowest BCUT2D eigenvalue weighted by atomic mass is 10.2. The second-order valence-corrected chi connectivity index (χ2v) is 7.64. The number of hydrogen-bond donors (Lipinski definition) is 2. The Bertz CT molecular complexity index is 1230. The number of rotatable bonds is 4. The number of carbonyl (C=O) groups excluding carboxylic acids is 1. The van der Waals surface area contributed by atoms with Gasteiger partial charge in [0.2, 0.25) is 0 Å². The maximum Gasteiger partial charge on any atom is 0.254 e. The van der Waals surface area contributed by atoms with Crippen molar-refractivity contribution in [2.75, 3.05) is 19.4 Å². The average Bonchev–Trinajstić information content (AvgIpc) is 3.24. The van der Waals surface area contributed by atoms with E-state index in [9.17, 15) is 4.79 Å². The monoisotopic (exact) mass is 428 g/mol. The van der Waals surface area contributed by atoms with Crippen molar-refractivity contribution in [2.24, 2.45) is 7.05 Å². The Kier molecular flexibility index (Phi) is 4.94. The number of nitrogens with zero attached hydrogens (tertiary/aromatic N) is 4. The fourth-order valence-corrected chi connectivity index (χ4v) is 3.60. The normalized spacial score (nSPS) is 11.1. The predicted octanol–water partition coefficient (Wildman–Crippen LogP) is 4.72. The number of anilines is 2. The average molecular weight is 429 g/mol. The Labute approximate surface area is 177 Å². The van der Waals surface area contributed by atoms with Gasteiger partial charge in [-0.1, -0.05) is 23.2 Å². The van der Waals surface area contributed by atoms with Gasteiger partial charge in [-0.3, -0.25) is 9.48 Å². The first-order valence-electron chi connectivity index (χ1n) is 8.78. The number of amides is 1. The van der Waals surface area contributed by atoms with E-state index < -0.39 is 0 Å². The first kappa shape index (κ1) is 19.3. The SMILES string of the molecule is CN(C)C(=O)c1ccc(Nc2cc3[nH]c(-c4cnn(C)c4)c(Cl)c3cn2)cc1Cl. The number of aryl methyl sites for hydroxylation is 1. The summed E-state index contributed by atoms with van der Waals surface area (Å²) in [6.45, 7) is 0. The van der Waals surface area contributed by atoms with Crippen LogP contribution in [0.25, 0.3) is 22.2 Å². The molecule has 0 aliphatic carbocycles. The number of hydrogen-bond acceptors (Lipinski definition) is 4. The van der Waals surface area contributed by atoms with Crippen LogP contribution in [0.4, 0.5) is 11.5 Å². The molecule has 0 unspecified atom stereocenters. The molecule has 4 aromatic rings. The van der Waals surface area contributed by atoms with E-state index in [2.05, 4.69) is 20.4 Å². The summed E-state index contributed by atoms with van der Waals surface area (Å²) in [6.07, 6.45) is 5.35. The predicted molar refractivity (Wildman–Crippen MR) is 116 cm³/mol. The minimum absolute atomic E-state index is 0.148. The molecule has 9 heteroatoms. The third-order valence-electron chi connectivity index (χ3n) is 4.49. The summed E-state index contributed by atoms with van der Waals surface area (Å²) in [6, 6.07) is 7.05. The number of halogens is 2. The summed E-state index contributed by atoms with van der Waals surface area (Å²) >= 11 is 12.8. The molecule has 7 nitrogen and oxygen atoms in total. The van der Waals surface area contributed by atoms with Crippen molar-refractivity contribution in [3.63, 3.8) is 0 Å². The number of aromatic nitrogens is 4. The van der Waals surface area contributed by atoms with Gasteiger partial charge in [-0.2, -0.15) is 5.10 Å². The quantitative estimate of drug-likeness (QED) is 0.492. The van der Waals surface area contributed by atoms with Crippen molar-refractivity contribution in [2.45, 2.75) is 0 Å². The van der Waals surface area contributed by atoms with Crippen molar-refractivity contribution in [3.05, 3.63) is 58.5 Å². The molecule has 3 heterocycles. The van der Waals surface area contributed by atoms with Crippen LogP contribution < -0.4 is 5.32 Å².